The van der Waals surface area contributed by atoms with Gasteiger partial charge < -0.3 is 10.3 Å². The number of Topliss-reactive ketones (excluding diaryl/α,β-unsaturated/α-hetero) is 1. The number of nitrogens with two attached hydrogens (primary N) is 1. The van der Waals surface area contributed by atoms with Crippen LogP contribution in [0.15, 0.2) is 12.1 Å². The summed E-state index contributed by atoms with van der Waals surface area (Å²) in [5.74, 6) is 0.0347. The third-order valence-electron chi connectivity index (χ3n) is 2.32. The van der Waals surface area contributed by atoms with Crippen LogP contribution in [0.1, 0.15) is 18.3 Å². The Bertz CT molecular complexity index is 295. The Hall–Kier alpha value is -1.09. The van der Waals surface area contributed by atoms with Gasteiger partial charge >= 0.3 is 0 Å². The molecule has 0 radical (unpaired) electrons. The zero-order chi connectivity index (χ0) is 10.0. The zero-order valence-electron chi connectivity index (χ0n) is 8.37. The summed E-state index contributed by atoms with van der Waals surface area (Å²) in [7, 11) is 0. The van der Waals surface area contributed by atoms with Crippen LogP contribution in [0.4, 0.5) is 0 Å². The van der Waals surface area contributed by atoms with Crippen molar-refractivity contribution in [3.8, 4) is 0 Å². The van der Waals surface area contributed by atoms with Crippen LogP contribution in [0.5, 0.6) is 0 Å². The van der Waals surface area contributed by atoms with Gasteiger partial charge in [-0.3, -0.25) is 4.79 Å². The number of aryl methyl sites for hydroxylation is 2. The van der Waals surface area contributed by atoms with Crippen molar-refractivity contribution in [1.82, 2.24) is 4.57 Å². The van der Waals surface area contributed by atoms with Gasteiger partial charge in [-0.15, -0.1) is 0 Å². The van der Waals surface area contributed by atoms with Gasteiger partial charge in [0, 0.05) is 17.9 Å². The lowest BCUT2D eigenvalue weighted by Gasteiger charge is -2.13. The predicted molar refractivity (Wildman–Crippen MR) is 52.6 cm³/mol. The highest BCUT2D eigenvalue weighted by Crippen LogP contribution is 2.07. The topological polar surface area (TPSA) is 48.0 Å². The van der Waals surface area contributed by atoms with Gasteiger partial charge in [0.25, 0.3) is 0 Å². The average Bonchev–Trinajstić information content (AvgIpc) is 2.35. The van der Waals surface area contributed by atoms with Crippen molar-refractivity contribution in [2.75, 3.05) is 0 Å². The summed E-state index contributed by atoms with van der Waals surface area (Å²) >= 11 is 0. The number of nitrogens with zero attached hydrogens (tertiary/aromatic N) is 1. The van der Waals surface area contributed by atoms with Crippen molar-refractivity contribution in [2.45, 2.75) is 33.4 Å². The molecule has 72 valence electrons. The lowest BCUT2D eigenvalue weighted by Crippen LogP contribution is -2.33. The number of ketones is 1. The second-order valence-corrected chi connectivity index (χ2v) is 3.44. The first kappa shape index (κ1) is 9.99. The van der Waals surface area contributed by atoms with Gasteiger partial charge in [0.05, 0.1) is 6.04 Å². The summed E-state index contributed by atoms with van der Waals surface area (Å²) < 4.78 is 2.06. The molecule has 0 bridgehead atoms. The normalized spacial score (nSPS) is 12.9. The first-order chi connectivity index (χ1) is 6.02. The maximum absolute atomic E-state index is 11.0. The second-order valence-electron chi connectivity index (χ2n) is 3.44. The van der Waals surface area contributed by atoms with Crippen LogP contribution in [0.2, 0.25) is 0 Å². The molecule has 1 unspecified atom stereocenters. The van der Waals surface area contributed by atoms with Crippen LogP contribution in [0, 0.1) is 13.8 Å². The third kappa shape index (κ3) is 2.18. The molecule has 0 aliphatic rings. The quantitative estimate of drug-likeness (QED) is 0.755. The predicted octanol–water partition coefficient (Wildman–Crippen LogP) is 1.02. The molecular formula is C10H16N2O. The van der Waals surface area contributed by atoms with Crippen LogP contribution >= 0.6 is 0 Å². The minimum absolute atomic E-state index is 0.0347. The van der Waals surface area contributed by atoms with E-state index in [1.807, 2.05) is 26.0 Å². The summed E-state index contributed by atoms with van der Waals surface area (Å²) in [6, 6.07) is 3.68. The second kappa shape index (κ2) is 3.75. The van der Waals surface area contributed by atoms with Gasteiger partial charge in [-0.2, -0.15) is 0 Å². The molecular weight excluding hydrogens is 164 g/mol. The molecule has 0 aliphatic carbocycles. The highest BCUT2D eigenvalue weighted by atomic mass is 16.1. The minimum Gasteiger partial charge on any atom is -0.347 e. The van der Waals surface area contributed by atoms with E-state index in [-0.39, 0.29) is 11.8 Å². The van der Waals surface area contributed by atoms with E-state index in [9.17, 15) is 4.79 Å². The van der Waals surface area contributed by atoms with Crippen LogP contribution in [0.25, 0.3) is 0 Å². The minimum atomic E-state index is -0.384. The summed E-state index contributed by atoms with van der Waals surface area (Å²) in [6.45, 7) is 6.14. The Kier molecular flexibility index (Phi) is 2.88. The molecule has 0 spiro atoms. The van der Waals surface area contributed by atoms with E-state index < -0.39 is 0 Å². The van der Waals surface area contributed by atoms with E-state index in [4.69, 9.17) is 5.73 Å². The van der Waals surface area contributed by atoms with E-state index in [1.54, 1.807) is 0 Å². The lowest BCUT2D eigenvalue weighted by molar-refractivity contribution is -0.118. The zero-order valence-corrected chi connectivity index (χ0v) is 8.37. The van der Waals surface area contributed by atoms with Crippen molar-refractivity contribution >= 4 is 5.78 Å². The number of rotatable bonds is 3. The molecule has 2 N–H and O–H groups in total. The lowest BCUT2D eigenvalue weighted by atomic mass is 10.2. The van der Waals surface area contributed by atoms with Crippen molar-refractivity contribution < 1.29 is 4.79 Å². The number of aromatic nitrogens is 1. The SMILES string of the molecule is CC(=O)C(N)Cn1c(C)ccc1C. The Balaban J connectivity index is 2.79. The molecule has 1 rings (SSSR count). The maximum Gasteiger partial charge on any atom is 0.148 e. The molecule has 0 aliphatic heterocycles. The van der Waals surface area contributed by atoms with E-state index in [2.05, 4.69) is 4.57 Å². The molecule has 0 amide bonds. The van der Waals surface area contributed by atoms with Crippen LogP contribution in [-0.4, -0.2) is 16.4 Å². The number of carbonyl (C=O) groups excluding carboxylic acids is 1. The van der Waals surface area contributed by atoms with Crippen LogP contribution < -0.4 is 5.73 Å². The Morgan fingerprint density at radius 2 is 1.92 bits per heavy atom. The fourth-order valence-corrected chi connectivity index (χ4v) is 1.31. The van der Waals surface area contributed by atoms with Crippen LogP contribution in [-0.2, 0) is 11.3 Å². The smallest absolute Gasteiger partial charge is 0.148 e. The van der Waals surface area contributed by atoms with E-state index in [0.29, 0.717) is 6.54 Å². The Morgan fingerprint density at radius 3 is 2.31 bits per heavy atom. The average molecular weight is 180 g/mol. The van der Waals surface area contributed by atoms with E-state index in [0.717, 1.165) is 11.4 Å². The molecule has 1 heterocycles. The molecule has 0 saturated carbocycles. The maximum atomic E-state index is 11.0. The summed E-state index contributed by atoms with van der Waals surface area (Å²) in [5, 5.41) is 0. The number of hydrogen-bond donors (Lipinski definition) is 1. The van der Waals surface area contributed by atoms with Gasteiger partial charge in [-0.05, 0) is 32.9 Å². The first-order valence-corrected chi connectivity index (χ1v) is 4.41. The van der Waals surface area contributed by atoms with Gasteiger partial charge in [-0.1, -0.05) is 0 Å². The molecule has 13 heavy (non-hydrogen) atoms. The molecule has 3 nitrogen and oxygen atoms in total. The number of hydrogen-bond acceptors (Lipinski definition) is 2. The van der Waals surface area contributed by atoms with E-state index >= 15 is 0 Å². The van der Waals surface area contributed by atoms with E-state index in [1.165, 1.54) is 6.92 Å². The Morgan fingerprint density at radius 1 is 1.46 bits per heavy atom. The van der Waals surface area contributed by atoms with Crippen molar-refractivity contribution in [3.63, 3.8) is 0 Å². The molecule has 1 aromatic rings. The van der Waals surface area contributed by atoms with Crippen LogP contribution in [0.3, 0.4) is 0 Å². The standard InChI is InChI=1S/C10H16N2O/c1-7-4-5-8(2)12(7)6-10(11)9(3)13/h4-5,10H,6,11H2,1-3H3. The third-order valence-corrected chi connectivity index (χ3v) is 2.32. The molecule has 0 aromatic carbocycles. The van der Waals surface area contributed by atoms with Crippen molar-refractivity contribution in [3.05, 3.63) is 23.5 Å². The molecule has 1 atom stereocenters. The van der Waals surface area contributed by atoms with Crippen molar-refractivity contribution in [2.24, 2.45) is 5.73 Å². The highest BCUT2D eigenvalue weighted by molar-refractivity contribution is 5.81. The Labute approximate surface area is 78.5 Å². The molecule has 1 aromatic heterocycles. The summed E-state index contributed by atoms with van der Waals surface area (Å²) in [4.78, 5) is 11.0. The van der Waals surface area contributed by atoms with Crippen molar-refractivity contribution in [1.29, 1.82) is 0 Å². The fourth-order valence-electron chi connectivity index (χ4n) is 1.31. The summed E-state index contributed by atoms with van der Waals surface area (Å²) in [6.07, 6.45) is 0. The molecule has 0 fully saturated rings. The number of carbonyl (C=O) groups is 1. The monoisotopic (exact) mass is 180 g/mol. The molecule has 3 heteroatoms. The first-order valence-electron chi connectivity index (χ1n) is 4.41. The highest BCUT2D eigenvalue weighted by Gasteiger charge is 2.10. The van der Waals surface area contributed by atoms with Gasteiger partial charge in [0.15, 0.2) is 0 Å². The van der Waals surface area contributed by atoms with Gasteiger partial charge in [-0.25, -0.2) is 0 Å². The summed E-state index contributed by atoms with van der Waals surface area (Å²) in [5.41, 5.74) is 7.97. The molecule has 0 saturated heterocycles. The van der Waals surface area contributed by atoms with Gasteiger partial charge in [0.1, 0.15) is 5.78 Å². The van der Waals surface area contributed by atoms with Gasteiger partial charge in [0.2, 0.25) is 0 Å². The fraction of sp³-hybridized carbons (Fsp3) is 0.500. The largest absolute Gasteiger partial charge is 0.347 e.